The number of para-hydroxylation sites is 1. The summed E-state index contributed by atoms with van der Waals surface area (Å²) in [5, 5.41) is 0. The van der Waals surface area contributed by atoms with Gasteiger partial charge in [0, 0.05) is 22.1 Å². The molecule has 0 fully saturated rings. The van der Waals surface area contributed by atoms with Gasteiger partial charge in [-0.25, -0.2) is 8.42 Å². The molecule has 6 heteroatoms. The molecule has 3 aromatic carbocycles. The van der Waals surface area contributed by atoms with Crippen LogP contribution in [0.25, 0.3) is 0 Å². The van der Waals surface area contributed by atoms with E-state index in [9.17, 15) is 8.42 Å². The molecule has 1 heterocycles. The Kier molecular flexibility index (Phi) is 5.71. The second-order valence-electron chi connectivity index (χ2n) is 7.43. The van der Waals surface area contributed by atoms with Gasteiger partial charge in [-0.3, -0.25) is 4.31 Å². The van der Waals surface area contributed by atoms with Crippen LogP contribution >= 0.6 is 15.9 Å². The molecule has 4 nitrogen and oxygen atoms in total. The lowest BCUT2D eigenvalue weighted by Gasteiger charge is -2.41. The van der Waals surface area contributed by atoms with Gasteiger partial charge in [0.05, 0.1) is 17.5 Å². The topological polar surface area (TPSA) is 40.6 Å². The SMILES string of the molecule is CC1=CN(c2ccccc2)C(c2ccc(Br)cc2)CN1S(=O)(=O)c1ccc(C)cc1. The second-order valence-corrected chi connectivity index (χ2v) is 10.2. The lowest BCUT2D eigenvalue weighted by Crippen LogP contribution is -2.43. The van der Waals surface area contributed by atoms with E-state index in [1.54, 1.807) is 12.1 Å². The highest BCUT2D eigenvalue weighted by atomic mass is 79.9. The standard InChI is InChI=1S/C24H23BrN2O2S/c1-18-8-14-23(15-9-18)30(28,29)27-17-24(20-10-12-21(25)13-11-20)26(16-19(27)2)22-6-4-3-5-7-22/h3-16,24H,17H2,1-2H3. The van der Waals surface area contributed by atoms with E-state index in [0.29, 0.717) is 17.1 Å². The van der Waals surface area contributed by atoms with E-state index in [1.807, 2.05) is 86.8 Å². The fourth-order valence-electron chi connectivity index (χ4n) is 3.68. The highest BCUT2D eigenvalue weighted by Gasteiger charge is 2.34. The van der Waals surface area contributed by atoms with Crippen molar-refractivity contribution in [1.82, 2.24) is 4.31 Å². The molecular weight excluding hydrogens is 460 g/mol. The molecule has 0 bridgehead atoms. The number of rotatable bonds is 4. The van der Waals surface area contributed by atoms with Crippen LogP contribution in [0.4, 0.5) is 5.69 Å². The van der Waals surface area contributed by atoms with Crippen molar-refractivity contribution >= 4 is 31.6 Å². The zero-order valence-electron chi connectivity index (χ0n) is 16.9. The zero-order valence-corrected chi connectivity index (χ0v) is 19.3. The third-order valence-electron chi connectivity index (χ3n) is 5.31. The minimum absolute atomic E-state index is 0.149. The van der Waals surface area contributed by atoms with Crippen LogP contribution in [0.1, 0.15) is 24.1 Å². The van der Waals surface area contributed by atoms with Gasteiger partial charge in [0.1, 0.15) is 0 Å². The number of hydrogen-bond donors (Lipinski definition) is 0. The van der Waals surface area contributed by atoms with E-state index >= 15 is 0 Å². The van der Waals surface area contributed by atoms with Gasteiger partial charge < -0.3 is 4.90 Å². The fraction of sp³-hybridized carbons (Fsp3) is 0.167. The molecule has 0 saturated carbocycles. The summed E-state index contributed by atoms with van der Waals surface area (Å²) < 4.78 is 29.4. The number of nitrogens with zero attached hydrogens (tertiary/aromatic N) is 2. The van der Waals surface area contributed by atoms with Crippen LogP contribution in [0.3, 0.4) is 0 Å². The van der Waals surface area contributed by atoms with E-state index in [-0.39, 0.29) is 6.04 Å². The molecule has 0 aromatic heterocycles. The number of allylic oxidation sites excluding steroid dienone is 1. The highest BCUT2D eigenvalue weighted by Crippen LogP contribution is 2.36. The largest absolute Gasteiger partial charge is 0.337 e. The molecule has 0 saturated heterocycles. The van der Waals surface area contributed by atoms with E-state index in [1.165, 1.54) is 4.31 Å². The van der Waals surface area contributed by atoms with Gasteiger partial charge in [0.25, 0.3) is 10.0 Å². The molecule has 3 aromatic rings. The Hall–Kier alpha value is -2.57. The van der Waals surface area contributed by atoms with Gasteiger partial charge >= 0.3 is 0 Å². The van der Waals surface area contributed by atoms with Crippen molar-refractivity contribution in [3.05, 3.63) is 106 Å². The first-order chi connectivity index (χ1) is 14.4. The van der Waals surface area contributed by atoms with Crippen LogP contribution in [-0.4, -0.2) is 19.3 Å². The Morgan fingerprint density at radius 3 is 2.13 bits per heavy atom. The molecule has 1 atom stereocenters. The summed E-state index contributed by atoms with van der Waals surface area (Å²) in [6.45, 7) is 4.12. The summed E-state index contributed by atoms with van der Waals surface area (Å²) in [4.78, 5) is 2.46. The Morgan fingerprint density at radius 1 is 0.867 bits per heavy atom. The van der Waals surface area contributed by atoms with Crippen molar-refractivity contribution in [1.29, 1.82) is 0 Å². The van der Waals surface area contributed by atoms with E-state index in [0.717, 1.165) is 21.3 Å². The molecule has 154 valence electrons. The van der Waals surface area contributed by atoms with Crippen LogP contribution in [-0.2, 0) is 10.0 Å². The Balaban J connectivity index is 1.79. The van der Waals surface area contributed by atoms with Crippen molar-refractivity contribution in [3.63, 3.8) is 0 Å². The number of anilines is 1. The summed E-state index contributed by atoms with van der Waals surface area (Å²) in [6, 6.07) is 25.0. The number of aryl methyl sites for hydroxylation is 1. The molecule has 0 aliphatic carbocycles. The average Bonchev–Trinajstić information content (AvgIpc) is 2.75. The Morgan fingerprint density at radius 2 is 1.50 bits per heavy atom. The van der Waals surface area contributed by atoms with Crippen LogP contribution in [0.2, 0.25) is 0 Å². The lowest BCUT2D eigenvalue weighted by molar-refractivity contribution is 0.420. The minimum atomic E-state index is -3.65. The van der Waals surface area contributed by atoms with Crippen molar-refractivity contribution in [2.45, 2.75) is 24.8 Å². The molecular formula is C24H23BrN2O2S. The number of benzene rings is 3. The Bertz CT molecular complexity index is 1160. The summed E-state index contributed by atoms with van der Waals surface area (Å²) >= 11 is 3.49. The third kappa shape index (κ3) is 4.02. The van der Waals surface area contributed by atoms with Crippen LogP contribution in [0.5, 0.6) is 0 Å². The Labute approximate surface area is 186 Å². The molecule has 1 aliphatic rings. The number of hydrogen-bond acceptors (Lipinski definition) is 3. The smallest absolute Gasteiger partial charge is 0.264 e. The van der Waals surface area contributed by atoms with Crippen molar-refractivity contribution < 1.29 is 8.42 Å². The van der Waals surface area contributed by atoms with Crippen LogP contribution in [0.15, 0.2) is 100 Å². The molecule has 0 amide bonds. The maximum atomic E-state index is 13.4. The summed E-state index contributed by atoms with van der Waals surface area (Å²) in [6.07, 6.45) is 1.93. The van der Waals surface area contributed by atoms with Crippen molar-refractivity contribution in [2.24, 2.45) is 0 Å². The summed E-state index contributed by atoms with van der Waals surface area (Å²) in [5.41, 5.74) is 3.79. The highest BCUT2D eigenvalue weighted by molar-refractivity contribution is 9.10. The predicted octanol–water partition coefficient (Wildman–Crippen LogP) is 5.87. The summed E-state index contributed by atoms with van der Waals surface area (Å²) in [7, 11) is -3.65. The van der Waals surface area contributed by atoms with Crippen LogP contribution in [0, 0.1) is 6.92 Å². The maximum absolute atomic E-state index is 13.4. The predicted molar refractivity (Wildman–Crippen MR) is 125 cm³/mol. The first-order valence-corrected chi connectivity index (χ1v) is 12.0. The maximum Gasteiger partial charge on any atom is 0.264 e. The van der Waals surface area contributed by atoms with E-state index < -0.39 is 10.0 Å². The number of sulfonamides is 1. The van der Waals surface area contributed by atoms with Gasteiger partial charge in [-0.15, -0.1) is 0 Å². The third-order valence-corrected chi connectivity index (χ3v) is 7.73. The minimum Gasteiger partial charge on any atom is -0.337 e. The van der Waals surface area contributed by atoms with Gasteiger partial charge in [-0.05, 0) is 55.8 Å². The molecule has 30 heavy (non-hydrogen) atoms. The molecule has 0 radical (unpaired) electrons. The average molecular weight is 483 g/mol. The van der Waals surface area contributed by atoms with Gasteiger partial charge in [0.2, 0.25) is 0 Å². The van der Waals surface area contributed by atoms with Gasteiger partial charge in [0.15, 0.2) is 0 Å². The van der Waals surface area contributed by atoms with Crippen molar-refractivity contribution in [3.8, 4) is 0 Å². The zero-order chi connectivity index (χ0) is 21.3. The molecule has 4 rings (SSSR count). The molecule has 1 unspecified atom stereocenters. The summed E-state index contributed by atoms with van der Waals surface area (Å²) in [5.74, 6) is 0. The number of halogens is 1. The van der Waals surface area contributed by atoms with Crippen LogP contribution < -0.4 is 4.90 Å². The monoisotopic (exact) mass is 482 g/mol. The second kappa shape index (κ2) is 8.28. The molecule has 1 aliphatic heterocycles. The van der Waals surface area contributed by atoms with Gasteiger partial charge in [-0.2, -0.15) is 0 Å². The first-order valence-electron chi connectivity index (χ1n) is 9.73. The van der Waals surface area contributed by atoms with Crippen molar-refractivity contribution in [2.75, 3.05) is 11.4 Å². The lowest BCUT2D eigenvalue weighted by atomic mass is 10.0. The quantitative estimate of drug-likeness (QED) is 0.466. The molecule has 0 spiro atoms. The molecule has 0 N–H and O–H groups in total. The van der Waals surface area contributed by atoms with Gasteiger partial charge in [-0.1, -0.05) is 64.0 Å². The fourth-order valence-corrected chi connectivity index (χ4v) is 5.44. The van der Waals surface area contributed by atoms with E-state index in [2.05, 4.69) is 20.8 Å². The first kappa shape index (κ1) is 20.7. The normalized spacial score (nSPS) is 17.0. The van der Waals surface area contributed by atoms with E-state index in [4.69, 9.17) is 0 Å².